The van der Waals surface area contributed by atoms with Gasteiger partial charge in [0.1, 0.15) is 12.2 Å². The van der Waals surface area contributed by atoms with Crippen molar-refractivity contribution in [2.24, 2.45) is 0 Å². The first-order chi connectivity index (χ1) is 9.13. The lowest BCUT2D eigenvalue weighted by Crippen LogP contribution is -2.35. The van der Waals surface area contributed by atoms with Gasteiger partial charge in [0.15, 0.2) is 0 Å². The molecule has 5 nitrogen and oxygen atoms in total. The zero-order valence-corrected chi connectivity index (χ0v) is 10.3. The Morgan fingerprint density at radius 3 is 2.42 bits per heavy atom. The smallest absolute Gasteiger partial charge is 0.234 e. The number of nitrogens with one attached hydrogen (secondary N) is 2. The Morgan fingerprint density at radius 2 is 1.79 bits per heavy atom. The Bertz CT molecular complexity index is 497. The summed E-state index contributed by atoms with van der Waals surface area (Å²) in [4.78, 5) is 22.4. The third kappa shape index (κ3) is 5.64. The third-order valence-electron chi connectivity index (χ3n) is 2.32. The maximum absolute atomic E-state index is 13.3. The van der Waals surface area contributed by atoms with Crippen LogP contribution in [0.3, 0.4) is 0 Å². The number of benzene rings is 1. The molecule has 0 heterocycles. The van der Waals surface area contributed by atoms with Gasteiger partial charge in [-0.2, -0.15) is 5.26 Å². The maximum atomic E-state index is 13.3. The maximum Gasteiger partial charge on any atom is 0.234 e. The molecule has 2 amide bonds. The van der Waals surface area contributed by atoms with E-state index in [-0.39, 0.29) is 37.7 Å². The highest BCUT2D eigenvalue weighted by Gasteiger charge is 2.07. The minimum atomic E-state index is -0.417. The molecule has 1 aromatic carbocycles. The lowest BCUT2D eigenvalue weighted by molar-refractivity contribution is -0.122. The molecule has 0 radical (unpaired) electrons. The molecule has 0 aliphatic rings. The second-order valence-electron chi connectivity index (χ2n) is 3.80. The summed E-state index contributed by atoms with van der Waals surface area (Å²) in [6, 6.07) is 7.77. The summed E-state index contributed by atoms with van der Waals surface area (Å²) in [6.07, 6.45) is -0.248. The SMILES string of the molecule is N#CCC(=O)NCCNC(=O)Cc1ccccc1F. The molecule has 0 fully saturated rings. The summed E-state index contributed by atoms with van der Waals surface area (Å²) >= 11 is 0. The monoisotopic (exact) mass is 263 g/mol. The van der Waals surface area contributed by atoms with E-state index >= 15 is 0 Å². The predicted molar refractivity (Wildman–Crippen MR) is 66.4 cm³/mol. The molecule has 6 heteroatoms. The first kappa shape index (κ1) is 14.6. The summed E-state index contributed by atoms with van der Waals surface area (Å²) in [5.41, 5.74) is 0.327. The van der Waals surface area contributed by atoms with E-state index in [9.17, 15) is 14.0 Å². The first-order valence-corrected chi connectivity index (χ1v) is 5.77. The van der Waals surface area contributed by atoms with Gasteiger partial charge in [0.05, 0.1) is 12.5 Å². The van der Waals surface area contributed by atoms with Crippen LogP contribution in [-0.4, -0.2) is 24.9 Å². The molecule has 19 heavy (non-hydrogen) atoms. The van der Waals surface area contributed by atoms with E-state index in [4.69, 9.17) is 5.26 Å². The lowest BCUT2D eigenvalue weighted by Gasteiger charge is -2.06. The van der Waals surface area contributed by atoms with Crippen molar-refractivity contribution in [3.8, 4) is 6.07 Å². The molecular formula is C13H14FN3O2. The molecule has 100 valence electrons. The van der Waals surface area contributed by atoms with Crippen LogP contribution in [0, 0.1) is 17.1 Å². The number of hydrogen-bond donors (Lipinski definition) is 2. The van der Waals surface area contributed by atoms with Crippen LogP contribution in [0.1, 0.15) is 12.0 Å². The van der Waals surface area contributed by atoms with E-state index in [1.807, 2.05) is 0 Å². The first-order valence-electron chi connectivity index (χ1n) is 5.77. The highest BCUT2D eigenvalue weighted by atomic mass is 19.1. The summed E-state index contributed by atoms with van der Waals surface area (Å²) in [5.74, 6) is -1.12. The lowest BCUT2D eigenvalue weighted by atomic mass is 10.1. The van der Waals surface area contributed by atoms with Crippen LogP contribution in [-0.2, 0) is 16.0 Å². The second kappa shape index (κ2) is 7.82. The summed E-state index contributed by atoms with van der Waals surface area (Å²) in [5, 5.41) is 13.3. The molecule has 1 rings (SSSR count). The van der Waals surface area contributed by atoms with Crippen LogP contribution in [0.4, 0.5) is 4.39 Å². The van der Waals surface area contributed by atoms with Crippen molar-refractivity contribution in [3.05, 3.63) is 35.6 Å². The van der Waals surface area contributed by atoms with E-state index < -0.39 is 5.82 Å². The molecule has 0 aliphatic heterocycles. The van der Waals surface area contributed by atoms with Crippen molar-refractivity contribution in [1.29, 1.82) is 5.26 Å². The number of amides is 2. The number of carbonyl (C=O) groups is 2. The molecule has 0 atom stereocenters. The number of nitrogens with zero attached hydrogens (tertiary/aromatic N) is 1. The van der Waals surface area contributed by atoms with Gasteiger partial charge in [-0.25, -0.2) is 4.39 Å². The minimum absolute atomic E-state index is 0.0428. The van der Waals surface area contributed by atoms with E-state index in [2.05, 4.69) is 10.6 Å². The topological polar surface area (TPSA) is 82.0 Å². The molecule has 0 aromatic heterocycles. The molecule has 0 saturated carbocycles. The highest BCUT2D eigenvalue weighted by Crippen LogP contribution is 2.06. The van der Waals surface area contributed by atoms with Crippen LogP contribution < -0.4 is 10.6 Å². The predicted octanol–water partition coefficient (Wildman–Crippen LogP) is 0.514. The quantitative estimate of drug-likeness (QED) is 0.734. The summed E-state index contributed by atoms with van der Waals surface area (Å²) in [7, 11) is 0. The average Bonchev–Trinajstić information content (AvgIpc) is 2.38. The van der Waals surface area contributed by atoms with Crippen molar-refractivity contribution >= 4 is 11.8 Å². The minimum Gasteiger partial charge on any atom is -0.354 e. The van der Waals surface area contributed by atoms with Crippen molar-refractivity contribution in [2.45, 2.75) is 12.8 Å². The Balaban J connectivity index is 2.24. The van der Waals surface area contributed by atoms with Gasteiger partial charge in [0, 0.05) is 13.1 Å². The Hall–Kier alpha value is -2.42. The third-order valence-corrected chi connectivity index (χ3v) is 2.32. The van der Waals surface area contributed by atoms with Gasteiger partial charge in [-0.3, -0.25) is 9.59 Å². The van der Waals surface area contributed by atoms with Gasteiger partial charge >= 0.3 is 0 Å². The summed E-state index contributed by atoms with van der Waals surface area (Å²) < 4.78 is 13.3. The van der Waals surface area contributed by atoms with Gasteiger partial charge in [-0.1, -0.05) is 18.2 Å². The largest absolute Gasteiger partial charge is 0.354 e. The van der Waals surface area contributed by atoms with Crippen molar-refractivity contribution in [1.82, 2.24) is 10.6 Å². The highest BCUT2D eigenvalue weighted by molar-refractivity contribution is 5.79. The van der Waals surface area contributed by atoms with Crippen LogP contribution in [0.2, 0.25) is 0 Å². The number of halogens is 1. The van der Waals surface area contributed by atoms with E-state index in [1.54, 1.807) is 24.3 Å². The van der Waals surface area contributed by atoms with Crippen molar-refractivity contribution in [3.63, 3.8) is 0 Å². The molecule has 0 saturated heterocycles. The second-order valence-corrected chi connectivity index (χ2v) is 3.80. The molecule has 0 bridgehead atoms. The number of carbonyl (C=O) groups excluding carboxylic acids is 2. The molecule has 1 aromatic rings. The fourth-order valence-electron chi connectivity index (χ4n) is 1.42. The van der Waals surface area contributed by atoms with Crippen molar-refractivity contribution < 1.29 is 14.0 Å². The van der Waals surface area contributed by atoms with Gasteiger partial charge in [0.25, 0.3) is 0 Å². The Labute approximate surface area is 110 Å². The fraction of sp³-hybridized carbons (Fsp3) is 0.308. The molecular weight excluding hydrogens is 249 g/mol. The summed E-state index contributed by atoms with van der Waals surface area (Å²) in [6.45, 7) is 0.480. The van der Waals surface area contributed by atoms with Gasteiger partial charge in [-0.15, -0.1) is 0 Å². The molecule has 0 unspecified atom stereocenters. The molecule has 2 N–H and O–H groups in total. The Kier molecular flexibility index (Phi) is 6.03. The van der Waals surface area contributed by atoms with E-state index in [0.29, 0.717) is 5.56 Å². The normalized spacial score (nSPS) is 9.47. The standard InChI is InChI=1S/C13H14FN3O2/c14-11-4-2-1-3-10(11)9-13(19)17-8-7-16-12(18)5-6-15/h1-4H,5,7-9H2,(H,16,18)(H,17,19). The van der Waals surface area contributed by atoms with Crippen molar-refractivity contribution in [2.75, 3.05) is 13.1 Å². The number of nitriles is 1. The van der Waals surface area contributed by atoms with Gasteiger partial charge in [-0.05, 0) is 11.6 Å². The molecule has 0 spiro atoms. The van der Waals surface area contributed by atoms with Gasteiger partial charge in [0.2, 0.25) is 11.8 Å². The zero-order valence-electron chi connectivity index (χ0n) is 10.3. The zero-order chi connectivity index (χ0) is 14.1. The van der Waals surface area contributed by atoms with Gasteiger partial charge < -0.3 is 10.6 Å². The van der Waals surface area contributed by atoms with E-state index in [1.165, 1.54) is 6.07 Å². The number of rotatable bonds is 6. The van der Waals surface area contributed by atoms with Crippen LogP contribution in [0.15, 0.2) is 24.3 Å². The molecule has 0 aliphatic carbocycles. The average molecular weight is 263 g/mol. The number of hydrogen-bond acceptors (Lipinski definition) is 3. The van der Waals surface area contributed by atoms with E-state index in [0.717, 1.165) is 0 Å². The van der Waals surface area contributed by atoms with Crippen LogP contribution in [0.25, 0.3) is 0 Å². The fourth-order valence-corrected chi connectivity index (χ4v) is 1.42. The Morgan fingerprint density at radius 1 is 1.16 bits per heavy atom. The van der Waals surface area contributed by atoms with Crippen LogP contribution >= 0.6 is 0 Å². The van der Waals surface area contributed by atoms with Crippen LogP contribution in [0.5, 0.6) is 0 Å².